The monoisotopic (exact) mass is 630 g/mol. The lowest BCUT2D eigenvalue weighted by molar-refractivity contribution is -0.161. The standard InChI is InChI=1S/C38H62O7/c1-4-6-17-25-34(40)26-19-13-8-7-9-14-20-27-35(41)28-21-16-23-30-38(43)45-36(31-39)32-44-37(42)29-22-15-11-10-12-18-24-33(3)5-2/h6,8-9,13-14,17,19-21,26-28,33-36,39-41H,4-5,7,10-12,15-16,18,22-25,29-32H2,1-3H3/b13-8-,14-9-,17-6-,26-19+,27-20+,28-21-/t33?,34-,35-,36-/m0/s1. The molecule has 0 spiro atoms. The number of unbranched alkanes of at least 4 members (excludes halogenated alkanes) is 6. The Morgan fingerprint density at radius 3 is 2.09 bits per heavy atom. The molecular weight excluding hydrogens is 568 g/mol. The van der Waals surface area contributed by atoms with E-state index in [2.05, 4.69) is 20.8 Å². The first-order valence-electron chi connectivity index (χ1n) is 17.1. The Morgan fingerprint density at radius 1 is 0.733 bits per heavy atom. The lowest BCUT2D eigenvalue weighted by Crippen LogP contribution is -2.28. The molecule has 0 aliphatic heterocycles. The normalized spacial score (nSPS) is 15.2. The first kappa shape index (κ1) is 42.3. The minimum atomic E-state index is -0.861. The van der Waals surface area contributed by atoms with Crippen molar-refractivity contribution in [1.82, 2.24) is 0 Å². The summed E-state index contributed by atoms with van der Waals surface area (Å²) in [6.07, 6.45) is 33.3. The van der Waals surface area contributed by atoms with Crippen molar-refractivity contribution in [2.75, 3.05) is 13.2 Å². The number of carbonyl (C=O) groups excluding carboxylic acids is 2. The van der Waals surface area contributed by atoms with Crippen LogP contribution in [0.1, 0.15) is 117 Å². The molecule has 0 amide bonds. The first-order chi connectivity index (χ1) is 21.8. The van der Waals surface area contributed by atoms with Crippen molar-refractivity contribution >= 4 is 11.9 Å². The summed E-state index contributed by atoms with van der Waals surface area (Å²) in [5.41, 5.74) is 0. The van der Waals surface area contributed by atoms with Crippen LogP contribution in [-0.4, -0.2) is 58.8 Å². The quantitative estimate of drug-likeness (QED) is 0.0347. The van der Waals surface area contributed by atoms with Crippen LogP contribution in [0.15, 0.2) is 72.9 Å². The second-order valence-electron chi connectivity index (χ2n) is 11.5. The van der Waals surface area contributed by atoms with E-state index in [9.17, 15) is 24.9 Å². The third-order valence-electron chi connectivity index (χ3n) is 7.23. The summed E-state index contributed by atoms with van der Waals surface area (Å²) >= 11 is 0. The van der Waals surface area contributed by atoms with Gasteiger partial charge in [-0.2, -0.15) is 0 Å². The van der Waals surface area contributed by atoms with E-state index in [1.165, 1.54) is 32.1 Å². The predicted octanol–water partition coefficient (Wildman–Crippen LogP) is 8.02. The van der Waals surface area contributed by atoms with E-state index in [1.807, 2.05) is 48.6 Å². The Hall–Kier alpha value is -2.74. The van der Waals surface area contributed by atoms with Crippen molar-refractivity contribution in [2.24, 2.45) is 5.92 Å². The van der Waals surface area contributed by atoms with E-state index in [4.69, 9.17) is 9.47 Å². The number of esters is 2. The van der Waals surface area contributed by atoms with Crippen LogP contribution in [0, 0.1) is 5.92 Å². The topological polar surface area (TPSA) is 113 Å². The van der Waals surface area contributed by atoms with Crippen molar-refractivity contribution in [3.05, 3.63) is 72.9 Å². The lowest BCUT2D eigenvalue weighted by atomic mass is 10.00. The molecule has 256 valence electrons. The highest BCUT2D eigenvalue weighted by molar-refractivity contribution is 5.70. The highest BCUT2D eigenvalue weighted by atomic mass is 16.6. The van der Waals surface area contributed by atoms with Crippen molar-refractivity contribution < 1.29 is 34.4 Å². The van der Waals surface area contributed by atoms with Crippen molar-refractivity contribution in [1.29, 1.82) is 0 Å². The van der Waals surface area contributed by atoms with Gasteiger partial charge in [-0.3, -0.25) is 9.59 Å². The van der Waals surface area contributed by atoms with Gasteiger partial charge in [-0.25, -0.2) is 0 Å². The zero-order valence-corrected chi connectivity index (χ0v) is 28.2. The van der Waals surface area contributed by atoms with Crippen LogP contribution >= 0.6 is 0 Å². The number of rotatable bonds is 28. The Kier molecular flexibility index (Phi) is 29.3. The number of ether oxygens (including phenoxy) is 2. The Morgan fingerprint density at radius 2 is 1.40 bits per heavy atom. The summed E-state index contributed by atoms with van der Waals surface area (Å²) in [7, 11) is 0. The molecule has 0 heterocycles. The van der Waals surface area contributed by atoms with Crippen LogP contribution in [0.2, 0.25) is 0 Å². The van der Waals surface area contributed by atoms with Gasteiger partial charge in [0.05, 0.1) is 18.8 Å². The molecule has 0 aliphatic carbocycles. The van der Waals surface area contributed by atoms with Crippen LogP contribution in [0.4, 0.5) is 0 Å². The predicted molar refractivity (Wildman–Crippen MR) is 185 cm³/mol. The molecule has 0 saturated heterocycles. The van der Waals surface area contributed by atoms with Gasteiger partial charge in [0.25, 0.3) is 0 Å². The summed E-state index contributed by atoms with van der Waals surface area (Å²) < 4.78 is 10.4. The van der Waals surface area contributed by atoms with E-state index in [0.717, 1.165) is 38.0 Å². The largest absolute Gasteiger partial charge is 0.462 e. The van der Waals surface area contributed by atoms with Crippen LogP contribution in [0.3, 0.4) is 0 Å². The molecule has 7 nitrogen and oxygen atoms in total. The first-order valence-corrected chi connectivity index (χ1v) is 17.1. The summed E-state index contributed by atoms with van der Waals surface area (Å²) in [5, 5.41) is 29.3. The summed E-state index contributed by atoms with van der Waals surface area (Å²) in [4.78, 5) is 24.1. The molecule has 0 fully saturated rings. The minimum Gasteiger partial charge on any atom is -0.462 e. The van der Waals surface area contributed by atoms with E-state index >= 15 is 0 Å². The SMILES string of the molecule is CC/C=C\C[C@H](O)/C=C/C=C\C/C=C\C=C\[C@H](O)/C=C\CCCC(=O)O[C@@H](CO)COC(=O)CCCCCCCCC(C)CC. The average Bonchev–Trinajstić information content (AvgIpc) is 3.03. The number of carbonyl (C=O) groups is 2. The second kappa shape index (κ2) is 31.3. The highest BCUT2D eigenvalue weighted by Gasteiger charge is 2.16. The number of allylic oxidation sites excluding steroid dienone is 8. The number of hydrogen-bond donors (Lipinski definition) is 3. The molecule has 0 bridgehead atoms. The van der Waals surface area contributed by atoms with Gasteiger partial charge in [-0.05, 0) is 44.4 Å². The number of aliphatic hydroxyl groups is 3. The summed E-state index contributed by atoms with van der Waals surface area (Å²) in [6, 6.07) is 0. The van der Waals surface area contributed by atoms with Crippen LogP contribution in [-0.2, 0) is 19.1 Å². The van der Waals surface area contributed by atoms with Gasteiger partial charge in [0, 0.05) is 12.8 Å². The molecule has 1 unspecified atom stereocenters. The van der Waals surface area contributed by atoms with Gasteiger partial charge >= 0.3 is 11.9 Å². The highest BCUT2D eigenvalue weighted by Crippen LogP contribution is 2.14. The van der Waals surface area contributed by atoms with E-state index in [-0.39, 0.29) is 19.0 Å². The fraction of sp³-hybridized carbons (Fsp3) is 0.632. The zero-order valence-electron chi connectivity index (χ0n) is 28.2. The molecule has 4 atom stereocenters. The number of hydrogen-bond acceptors (Lipinski definition) is 7. The van der Waals surface area contributed by atoms with Crippen LogP contribution in [0.25, 0.3) is 0 Å². The molecule has 45 heavy (non-hydrogen) atoms. The molecule has 0 aromatic heterocycles. The fourth-order valence-corrected chi connectivity index (χ4v) is 4.21. The molecule has 0 aliphatic rings. The molecule has 0 aromatic rings. The summed E-state index contributed by atoms with van der Waals surface area (Å²) in [6.45, 7) is 6.04. The fourth-order valence-electron chi connectivity index (χ4n) is 4.21. The van der Waals surface area contributed by atoms with Crippen molar-refractivity contribution in [2.45, 2.75) is 135 Å². The van der Waals surface area contributed by atoms with E-state index < -0.39 is 30.9 Å². The van der Waals surface area contributed by atoms with Gasteiger partial charge in [0.2, 0.25) is 0 Å². The van der Waals surface area contributed by atoms with Crippen LogP contribution < -0.4 is 0 Å². The van der Waals surface area contributed by atoms with Crippen molar-refractivity contribution in [3.8, 4) is 0 Å². The summed E-state index contributed by atoms with van der Waals surface area (Å²) in [5.74, 6) is 0.0182. The maximum atomic E-state index is 12.1. The Balaban J connectivity index is 3.96. The van der Waals surface area contributed by atoms with E-state index in [0.29, 0.717) is 25.7 Å². The third kappa shape index (κ3) is 29.7. The maximum Gasteiger partial charge on any atom is 0.306 e. The smallest absolute Gasteiger partial charge is 0.306 e. The maximum absolute atomic E-state index is 12.1. The molecule has 0 saturated carbocycles. The van der Waals surface area contributed by atoms with Gasteiger partial charge in [-0.1, -0.05) is 139 Å². The molecule has 7 heteroatoms. The third-order valence-corrected chi connectivity index (χ3v) is 7.23. The molecule has 0 rings (SSSR count). The molecular formula is C38H62O7. The van der Waals surface area contributed by atoms with Gasteiger partial charge in [0.1, 0.15) is 6.61 Å². The number of aliphatic hydroxyl groups excluding tert-OH is 3. The molecule has 3 N–H and O–H groups in total. The Labute approximate surface area is 273 Å². The Bertz CT molecular complexity index is 900. The second-order valence-corrected chi connectivity index (χ2v) is 11.5. The molecule has 0 aromatic carbocycles. The van der Waals surface area contributed by atoms with Crippen molar-refractivity contribution in [3.63, 3.8) is 0 Å². The zero-order chi connectivity index (χ0) is 33.4. The minimum absolute atomic E-state index is 0.141. The molecule has 0 radical (unpaired) electrons. The lowest BCUT2D eigenvalue weighted by Gasteiger charge is -2.15. The van der Waals surface area contributed by atoms with Gasteiger partial charge in [0.15, 0.2) is 6.10 Å². The average molecular weight is 631 g/mol. The van der Waals surface area contributed by atoms with Gasteiger partial charge in [-0.15, -0.1) is 0 Å². The van der Waals surface area contributed by atoms with E-state index in [1.54, 1.807) is 24.3 Å². The van der Waals surface area contributed by atoms with Crippen LogP contribution in [0.5, 0.6) is 0 Å². The van der Waals surface area contributed by atoms with Gasteiger partial charge < -0.3 is 24.8 Å².